The molecule has 0 spiro atoms. The maximum Gasteiger partial charge on any atom is 0.243 e. The summed E-state index contributed by atoms with van der Waals surface area (Å²) in [6, 6.07) is -0.357. The smallest absolute Gasteiger partial charge is 0.243 e. The van der Waals surface area contributed by atoms with Crippen LogP contribution >= 0.6 is 0 Å². The summed E-state index contributed by atoms with van der Waals surface area (Å²) in [5, 5.41) is 5.59. The lowest BCUT2D eigenvalue weighted by atomic mass is 9.91. The van der Waals surface area contributed by atoms with E-state index in [4.69, 9.17) is 0 Å². The number of rotatable bonds is 3. The molecule has 4 heteroatoms. The van der Waals surface area contributed by atoms with Gasteiger partial charge in [0.15, 0.2) is 0 Å². The topological polar surface area (TPSA) is 58.2 Å². The number of allylic oxidation sites excluding steroid dienone is 2. The zero-order valence-corrected chi connectivity index (χ0v) is 11.4. The number of amides is 2. The average Bonchev–Trinajstić information content (AvgIpc) is 2.34. The predicted molar refractivity (Wildman–Crippen MR) is 74.3 cm³/mol. The van der Waals surface area contributed by atoms with E-state index in [1.165, 1.54) is 5.57 Å². The van der Waals surface area contributed by atoms with Crippen LogP contribution in [0.3, 0.4) is 0 Å². The van der Waals surface area contributed by atoms with Crippen molar-refractivity contribution in [2.75, 3.05) is 0 Å². The first kappa shape index (κ1) is 13.7. The number of nitrogens with one attached hydrogen (secondary N) is 2. The monoisotopic (exact) mass is 260 g/mol. The van der Waals surface area contributed by atoms with Gasteiger partial charge in [0, 0.05) is 6.42 Å². The molecule has 1 heterocycles. The van der Waals surface area contributed by atoms with E-state index in [0.717, 1.165) is 5.57 Å². The minimum absolute atomic E-state index is 0.0357. The van der Waals surface area contributed by atoms with E-state index in [1.807, 2.05) is 6.08 Å². The van der Waals surface area contributed by atoms with Crippen LogP contribution in [0.4, 0.5) is 0 Å². The maximum absolute atomic E-state index is 11.7. The molecule has 4 nitrogen and oxygen atoms in total. The molecule has 1 fully saturated rings. The highest BCUT2D eigenvalue weighted by atomic mass is 16.2. The maximum atomic E-state index is 11.7. The lowest BCUT2D eigenvalue weighted by molar-refractivity contribution is -0.134. The first-order valence-electron chi connectivity index (χ1n) is 6.65. The van der Waals surface area contributed by atoms with Gasteiger partial charge in [0.2, 0.25) is 11.8 Å². The van der Waals surface area contributed by atoms with E-state index in [-0.39, 0.29) is 23.9 Å². The van der Waals surface area contributed by atoms with Crippen molar-refractivity contribution in [2.24, 2.45) is 5.92 Å². The predicted octanol–water partition coefficient (Wildman–Crippen LogP) is 1.46. The largest absolute Gasteiger partial charge is 0.296 e. The number of hydrogen-bond donors (Lipinski definition) is 2. The molecule has 1 aliphatic carbocycles. The number of hydrogen-bond acceptors (Lipinski definition) is 3. The molecular weight excluding hydrogens is 240 g/mol. The Morgan fingerprint density at radius 3 is 2.74 bits per heavy atom. The molecule has 1 saturated heterocycles. The highest BCUT2D eigenvalue weighted by Crippen LogP contribution is 2.21. The fourth-order valence-electron chi connectivity index (χ4n) is 2.27. The number of piperidine rings is 1. The molecule has 0 aromatic carbocycles. The molecule has 2 unspecified atom stereocenters. The molecule has 0 aromatic heterocycles. The lowest BCUT2D eigenvalue weighted by Gasteiger charge is -2.28. The summed E-state index contributed by atoms with van der Waals surface area (Å²) in [7, 11) is 0. The molecule has 0 bridgehead atoms. The minimum Gasteiger partial charge on any atom is -0.296 e. The molecular formula is C15H20N2O2. The molecule has 0 aromatic rings. The molecule has 0 radical (unpaired) electrons. The van der Waals surface area contributed by atoms with Crippen molar-refractivity contribution in [2.45, 2.75) is 38.8 Å². The van der Waals surface area contributed by atoms with Crippen molar-refractivity contribution in [1.82, 2.24) is 10.6 Å². The molecule has 0 saturated carbocycles. The van der Waals surface area contributed by atoms with Gasteiger partial charge in [-0.3, -0.25) is 20.2 Å². The Labute approximate surface area is 113 Å². The second-order valence-corrected chi connectivity index (χ2v) is 5.38. The van der Waals surface area contributed by atoms with E-state index in [0.29, 0.717) is 18.8 Å². The molecule has 2 rings (SSSR count). The number of imide groups is 1. The van der Waals surface area contributed by atoms with Gasteiger partial charge in [0.25, 0.3) is 0 Å². The standard InChI is InChI=1S/C15H20N2O2/c1-9(2)11-4-5-12(10(3)8-11)16-13-6-7-14(18)17-15(13)19/h4-5,8-9,12-13,16H,3,6-7H2,1-2H3,(H,17,18,19). The molecule has 2 N–H and O–H groups in total. The van der Waals surface area contributed by atoms with Crippen LogP contribution in [0.2, 0.25) is 0 Å². The normalized spacial score (nSPS) is 27.5. The summed E-state index contributed by atoms with van der Waals surface area (Å²) in [5.41, 5.74) is 2.20. The van der Waals surface area contributed by atoms with E-state index in [1.54, 1.807) is 0 Å². The van der Waals surface area contributed by atoms with Crippen LogP contribution in [-0.4, -0.2) is 23.9 Å². The van der Waals surface area contributed by atoms with E-state index < -0.39 is 0 Å². The van der Waals surface area contributed by atoms with Gasteiger partial charge in [-0.1, -0.05) is 38.7 Å². The number of carbonyl (C=O) groups excluding carboxylic acids is 2. The van der Waals surface area contributed by atoms with Gasteiger partial charge < -0.3 is 0 Å². The van der Waals surface area contributed by atoms with Gasteiger partial charge in [-0.2, -0.15) is 0 Å². The van der Waals surface area contributed by atoms with Gasteiger partial charge in [-0.25, -0.2) is 0 Å². The van der Waals surface area contributed by atoms with Crippen molar-refractivity contribution in [3.8, 4) is 0 Å². The summed E-state index contributed by atoms with van der Waals surface area (Å²) < 4.78 is 0. The fraction of sp³-hybridized carbons (Fsp3) is 0.467. The SMILES string of the molecule is C=C1C=C(C(C)C)C=CC1NC1CCC(=O)NC1=O. The van der Waals surface area contributed by atoms with Crippen LogP contribution in [0.1, 0.15) is 26.7 Å². The third kappa shape index (κ3) is 3.20. The Hall–Kier alpha value is -1.68. The molecule has 1 aliphatic heterocycles. The molecule has 2 amide bonds. The highest BCUT2D eigenvalue weighted by Gasteiger charge is 2.28. The van der Waals surface area contributed by atoms with E-state index in [9.17, 15) is 9.59 Å². The van der Waals surface area contributed by atoms with Crippen molar-refractivity contribution >= 4 is 11.8 Å². The van der Waals surface area contributed by atoms with Gasteiger partial charge in [-0.15, -0.1) is 0 Å². The minimum atomic E-state index is -0.321. The van der Waals surface area contributed by atoms with Crippen LogP contribution in [0.5, 0.6) is 0 Å². The van der Waals surface area contributed by atoms with Gasteiger partial charge in [0.05, 0.1) is 12.1 Å². The molecule has 2 aliphatic rings. The third-order valence-electron chi connectivity index (χ3n) is 3.52. The Morgan fingerprint density at radius 2 is 2.16 bits per heavy atom. The van der Waals surface area contributed by atoms with Crippen LogP contribution < -0.4 is 10.6 Å². The van der Waals surface area contributed by atoms with Crippen LogP contribution in [0.15, 0.2) is 36.0 Å². The van der Waals surface area contributed by atoms with Crippen LogP contribution in [-0.2, 0) is 9.59 Å². The molecule has 102 valence electrons. The average molecular weight is 260 g/mol. The summed E-state index contributed by atoms with van der Waals surface area (Å²) in [5.74, 6) is 0.0312. The fourth-order valence-corrected chi connectivity index (χ4v) is 2.27. The second-order valence-electron chi connectivity index (χ2n) is 5.38. The summed E-state index contributed by atoms with van der Waals surface area (Å²) in [4.78, 5) is 22.8. The summed E-state index contributed by atoms with van der Waals surface area (Å²) >= 11 is 0. The Balaban J connectivity index is 1.98. The third-order valence-corrected chi connectivity index (χ3v) is 3.52. The van der Waals surface area contributed by atoms with Gasteiger partial charge >= 0.3 is 0 Å². The van der Waals surface area contributed by atoms with E-state index >= 15 is 0 Å². The summed E-state index contributed by atoms with van der Waals surface area (Å²) in [6.07, 6.45) is 7.10. The first-order valence-corrected chi connectivity index (χ1v) is 6.65. The van der Waals surface area contributed by atoms with Crippen molar-refractivity contribution in [3.63, 3.8) is 0 Å². The number of carbonyl (C=O) groups is 2. The van der Waals surface area contributed by atoms with Crippen molar-refractivity contribution in [3.05, 3.63) is 36.0 Å². The van der Waals surface area contributed by atoms with Crippen molar-refractivity contribution < 1.29 is 9.59 Å². The molecule has 19 heavy (non-hydrogen) atoms. The summed E-state index contributed by atoms with van der Waals surface area (Å²) in [6.45, 7) is 8.32. The van der Waals surface area contributed by atoms with Crippen LogP contribution in [0.25, 0.3) is 0 Å². The van der Waals surface area contributed by atoms with Gasteiger partial charge in [-0.05, 0) is 23.5 Å². The van der Waals surface area contributed by atoms with E-state index in [2.05, 4.69) is 43.2 Å². The molecule has 2 atom stereocenters. The Bertz CT molecular complexity index is 475. The zero-order valence-electron chi connectivity index (χ0n) is 11.4. The highest BCUT2D eigenvalue weighted by molar-refractivity contribution is 6.00. The Morgan fingerprint density at radius 1 is 1.42 bits per heavy atom. The lowest BCUT2D eigenvalue weighted by Crippen LogP contribution is -2.53. The zero-order chi connectivity index (χ0) is 14.0. The second kappa shape index (κ2) is 5.53. The first-order chi connectivity index (χ1) is 8.97. The Kier molecular flexibility index (Phi) is 4.00. The van der Waals surface area contributed by atoms with Crippen LogP contribution in [0, 0.1) is 5.92 Å². The quantitative estimate of drug-likeness (QED) is 0.755. The van der Waals surface area contributed by atoms with Gasteiger partial charge in [0.1, 0.15) is 0 Å². The van der Waals surface area contributed by atoms with Crippen molar-refractivity contribution in [1.29, 1.82) is 0 Å².